The highest BCUT2D eigenvalue weighted by Gasteiger charge is 2.24. The average molecular weight is 406 g/mol. The smallest absolute Gasteiger partial charge is 0.147 e. The molecule has 3 aromatic rings. The van der Waals surface area contributed by atoms with Crippen LogP contribution in [0.2, 0.25) is 5.02 Å². The van der Waals surface area contributed by atoms with Crippen molar-refractivity contribution in [3.05, 3.63) is 64.2 Å². The fourth-order valence-corrected chi connectivity index (χ4v) is 3.96. The van der Waals surface area contributed by atoms with Gasteiger partial charge in [0.2, 0.25) is 0 Å². The second-order valence-corrected chi connectivity index (χ2v) is 8.06. The zero-order chi connectivity index (χ0) is 20.4. The number of anilines is 2. The standard InChI is InChI=1S/C23H24ClN5/c1-15-2-7-21-19(12-15)22(29-10-8-18(26)9-11-29)20(13-25)23(28-21)27-14-16-3-5-17(24)6-4-16/h2-7,12,18H,8-11,14,26H2,1H3,(H,27,28). The molecule has 148 valence electrons. The van der Waals surface area contributed by atoms with Crippen molar-refractivity contribution in [2.75, 3.05) is 23.3 Å². The van der Waals surface area contributed by atoms with E-state index in [2.05, 4.69) is 35.3 Å². The van der Waals surface area contributed by atoms with Gasteiger partial charge in [0, 0.05) is 36.1 Å². The Kier molecular flexibility index (Phi) is 5.57. The van der Waals surface area contributed by atoms with E-state index in [1.807, 2.05) is 30.3 Å². The lowest BCUT2D eigenvalue weighted by atomic mass is 10.0. The summed E-state index contributed by atoms with van der Waals surface area (Å²) in [6.07, 6.45) is 1.85. The number of hydrogen-bond acceptors (Lipinski definition) is 5. The average Bonchev–Trinajstić information content (AvgIpc) is 2.73. The van der Waals surface area contributed by atoms with E-state index in [0.29, 0.717) is 22.9 Å². The Morgan fingerprint density at radius 1 is 1.21 bits per heavy atom. The minimum Gasteiger partial charge on any atom is -0.370 e. The third-order valence-electron chi connectivity index (χ3n) is 5.45. The highest BCUT2D eigenvalue weighted by atomic mass is 35.5. The Balaban J connectivity index is 1.77. The first kappa shape index (κ1) is 19.5. The first-order valence-corrected chi connectivity index (χ1v) is 10.3. The highest BCUT2D eigenvalue weighted by Crippen LogP contribution is 2.36. The van der Waals surface area contributed by atoms with E-state index in [1.165, 1.54) is 0 Å². The first-order chi connectivity index (χ1) is 14.0. The molecular formula is C23H24ClN5. The molecule has 0 radical (unpaired) electrons. The normalized spacial score (nSPS) is 14.8. The van der Waals surface area contributed by atoms with E-state index < -0.39 is 0 Å². The molecular weight excluding hydrogens is 382 g/mol. The van der Waals surface area contributed by atoms with Crippen molar-refractivity contribution in [1.82, 2.24) is 4.98 Å². The molecule has 0 bridgehead atoms. The van der Waals surface area contributed by atoms with Crippen LogP contribution in [0, 0.1) is 18.3 Å². The number of nitrogens with two attached hydrogens (primary N) is 1. The number of halogens is 1. The maximum Gasteiger partial charge on any atom is 0.147 e. The summed E-state index contributed by atoms with van der Waals surface area (Å²) in [6.45, 7) is 4.33. The lowest BCUT2D eigenvalue weighted by Crippen LogP contribution is -2.40. The number of aryl methyl sites for hydroxylation is 1. The summed E-state index contributed by atoms with van der Waals surface area (Å²) in [5.74, 6) is 0.615. The number of benzene rings is 2. The Morgan fingerprint density at radius 3 is 2.62 bits per heavy atom. The van der Waals surface area contributed by atoms with Gasteiger partial charge in [0.1, 0.15) is 17.5 Å². The second kappa shape index (κ2) is 8.28. The van der Waals surface area contributed by atoms with Crippen molar-refractivity contribution in [2.45, 2.75) is 32.4 Å². The molecule has 3 N–H and O–H groups in total. The summed E-state index contributed by atoms with van der Waals surface area (Å²) in [5.41, 5.74) is 10.8. The van der Waals surface area contributed by atoms with Gasteiger partial charge >= 0.3 is 0 Å². The van der Waals surface area contributed by atoms with E-state index >= 15 is 0 Å². The van der Waals surface area contributed by atoms with Gasteiger partial charge in [-0.25, -0.2) is 4.98 Å². The summed E-state index contributed by atoms with van der Waals surface area (Å²) < 4.78 is 0. The van der Waals surface area contributed by atoms with Gasteiger partial charge in [-0.3, -0.25) is 0 Å². The van der Waals surface area contributed by atoms with Crippen molar-refractivity contribution < 1.29 is 0 Å². The molecule has 1 saturated heterocycles. The van der Waals surface area contributed by atoms with Crippen LogP contribution in [-0.4, -0.2) is 24.1 Å². The summed E-state index contributed by atoms with van der Waals surface area (Å²) in [5, 5.41) is 15.1. The summed E-state index contributed by atoms with van der Waals surface area (Å²) >= 11 is 5.98. The van der Waals surface area contributed by atoms with Crippen LogP contribution in [0.4, 0.5) is 11.5 Å². The van der Waals surface area contributed by atoms with Crippen LogP contribution in [0.25, 0.3) is 10.9 Å². The van der Waals surface area contributed by atoms with Gasteiger partial charge in [0.05, 0.1) is 11.2 Å². The molecule has 6 heteroatoms. The maximum atomic E-state index is 10.0. The van der Waals surface area contributed by atoms with E-state index in [0.717, 1.165) is 53.6 Å². The predicted octanol–water partition coefficient (Wildman–Crippen LogP) is 4.61. The van der Waals surface area contributed by atoms with Crippen molar-refractivity contribution >= 4 is 34.0 Å². The molecule has 29 heavy (non-hydrogen) atoms. The topological polar surface area (TPSA) is 78.0 Å². The molecule has 2 heterocycles. The van der Waals surface area contributed by atoms with Crippen molar-refractivity contribution in [3.63, 3.8) is 0 Å². The quantitative estimate of drug-likeness (QED) is 0.662. The third-order valence-corrected chi connectivity index (χ3v) is 5.71. The van der Waals surface area contributed by atoms with E-state index in [1.54, 1.807) is 0 Å². The van der Waals surface area contributed by atoms with Crippen LogP contribution in [0.5, 0.6) is 0 Å². The van der Waals surface area contributed by atoms with Crippen LogP contribution in [0.1, 0.15) is 29.5 Å². The van der Waals surface area contributed by atoms with Crippen LogP contribution >= 0.6 is 11.6 Å². The number of hydrogen-bond donors (Lipinski definition) is 2. The molecule has 1 fully saturated rings. The van der Waals surface area contributed by atoms with Gasteiger partial charge in [-0.1, -0.05) is 35.4 Å². The molecule has 2 aromatic carbocycles. The van der Waals surface area contributed by atoms with Crippen LogP contribution < -0.4 is 16.0 Å². The minimum atomic E-state index is 0.231. The molecule has 0 atom stereocenters. The number of pyridine rings is 1. The molecule has 0 unspecified atom stereocenters. The second-order valence-electron chi connectivity index (χ2n) is 7.62. The number of piperidine rings is 1. The van der Waals surface area contributed by atoms with Gasteiger partial charge in [-0.2, -0.15) is 5.26 Å². The minimum absolute atomic E-state index is 0.231. The monoisotopic (exact) mass is 405 g/mol. The lowest BCUT2D eigenvalue weighted by molar-refractivity contribution is 0.502. The molecule has 1 aliphatic rings. The fourth-order valence-electron chi connectivity index (χ4n) is 3.83. The van der Waals surface area contributed by atoms with Gasteiger partial charge in [-0.15, -0.1) is 0 Å². The van der Waals surface area contributed by atoms with E-state index in [4.69, 9.17) is 22.3 Å². The molecule has 1 aliphatic heterocycles. The van der Waals surface area contributed by atoms with Gasteiger partial charge in [0.25, 0.3) is 0 Å². The Bertz CT molecular complexity index is 1060. The van der Waals surface area contributed by atoms with Gasteiger partial charge in [0.15, 0.2) is 0 Å². The first-order valence-electron chi connectivity index (χ1n) is 9.88. The van der Waals surface area contributed by atoms with Crippen molar-refractivity contribution in [2.24, 2.45) is 5.73 Å². The van der Waals surface area contributed by atoms with E-state index in [-0.39, 0.29) is 6.04 Å². The molecule has 4 rings (SSSR count). The molecule has 0 aliphatic carbocycles. The number of aromatic nitrogens is 1. The van der Waals surface area contributed by atoms with Crippen LogP contribution in [0.3, 0.4) is 0 Å². The Hall–Kier alpha value is -2.81. The lowest BCUT2D eigenvalue weighted by Gasteiger charge is -2.33. The molecule has 0 amide bonds. The summed E-state index contributed by atoms with van der Waals surface area (Å²) in [6, 6.07) is 16.5. The molecule has 1 aromatic heterocycles. The maximum absolute atomic E-state index is 10.0. The number of nitriles is 1. The summed E-state index contributed by atoms with van der Waals surface area (Å²) in [4.78, 5) is 7.07. The molecule has 0 saturated carbocycles. The molecule has 0 spiro atoms. The number of nitrogens with one attached hydrogen (secondary N) is 1. The fraction of sp³-hybridized carbons (Fsp3) is 0.304. The number of nitrogens with zero attached hydrogens (tertiary/aromatic N) is 3. The van der Waals surface area contributed by atoms with Gasteiger partial charge < -0.3 is 16.0 Å². The van der Waals surface area contributed by atoms with Gasteiger partial charge in [-0.05, 0) is 49.6 Å². The molecule has 5 nitrogen and oxygen atoms in total. The SMILES string of the molecule is Cc1ccc2nc(NCc3ccc(Cl)cc3)c(C#N)c(N3CCC(N)CC3)c2c1. The number of fused-ring (bicyclic) bond motifs is 1. The Morgan fingerprint density at radius 2 is 1.93 bits per heavy atom. The summed E-state index contributed by atoms with van der Waals surface area (Å²) in [7, 11) is 0. The predicted molar refractivity (Wildman–Crippen MR) is 119 cm³/mol. The number of rotatable bonds is 4. The highest BCUT2D eigenvalue weighted by molar-refractivity contribution is 6.30. The van der Waals surface area contributed by atoms with E-state index in [9.17, 15) is 5.26 Å². The third kappa shape index (κ3) is 4.14. The zero-order valence-corrected chi connectivity index (χ0v) is 17.2. The van der Waals surface area contributed by atoms with Crippen LogP contribution in [-0.2, 0) is 6.54 Å². The van der Waals surface area contributed by atoms with Crippen LogP contribution in [0.15, 0.2) is 42.5 Å². The largest absolute Gasteiger partial charge is 0.370 e. The van der Waals surface area contributed by atoms with Crippen molar-refractivity contribution in [3.8, 4) is 6.07 Å². The Labute approximate surface area is 176 Å². The zero-order valence-electron chi connectivity index (χ0n) is 16.5. The van der Waals surface area contributed by atoms with Crippen molar-refractivity contribution in [1.29, 1.82) is 5.26 Å².